The molecule has 0 unspecified atom stereocenters. The first-order chi connectivity index (χ1) is 8.99. The summed E-state index contributed by atoms with van der Waals surface area (Å²) in [5.41, 5.74) is 0.601. The van der Waals surface area contributed by atoms with Crippen molar-refractivity contribution in [3.8, 4) is 0 Å². The molecule has 0 aliphatic rings. The lowest BCUT2D eigenvalue weighted by atomic mass is 10.1. The topological polar surface area (TPSA) is 66.4 Å². The number of carboxylic acid groups (broad SMARTS) is 1. The van der Waals surface area contributed by atoms with Crippen molar-refractivity contribution in [3.05, 3.63) is 34.1 Å². The number of carbonyl (C=O) groups is 2. The van der Waals surface area contributed by atoms with Crippen molar-refractivity contribution < 1.29 is 19.1 Å². The number of amides is 1. The van der Waals surface area contributed by atoms with Crippen LogP contribution in [0.5, 0.6) is 0 Å². The van der Waals surface area contributed by atoms with E-state index in [0.717, 1.165) is 0 Å². The third-order valence-electron chi connectivity index (χ3n) is 2.49. The monoisotopic (exact) mass is 331 g/mol. The second-order valence-corrected chi connectivity index (χ2v) is 4.98. The lowest BCUT2D eigenvalue weighted by molar-refractivity contribution is -0.137. The fourth-order valence-electron chi connectivity index (χ4n) is 1.53. The van der Waals surface area contributed by atoms with E-state index in [0.29, 0.717) is 29.4 Å². The Bertz CT molecular complexity index is 465. The number of halogens is 2. The summed E-state index contributed by atoms with van der Waals surface area (Å²) in [5, 5.41) is 11.1. The molecule has 1 aromatic carbocycles. The smallest absolute Gasteiger partial charge is 0.303 e. The molecule has 0 aliphatic carbocycles. The van der Waals surface area contributed by atoms with Gasteiger partial charge < -0.3 is 10.4 Å². The summed E-state index contributed by atoms with van der Waals surface area (Å²) in [6.07, 6.45) is 1.37. The highest BCUT2D eigenvalue weighted by Gasteiger charge is 2.06. The minimum absolute atomic E-state index is 0.105. The van der Waals surface area contributed by atoms with Crippen LogP contribution in [0, 0.1) is 5.82 Å². The molecule has 2 N–H and O–H groups in total. The van der Waals surface area contributed by atoms with Crippen molar-refractivity contribution in [2.24, 2.45) is 0 Å². The molecule has 1 rings (SSSR count). The number of nitrogens with one attached hydrogen (secondary N) is 1. The molecule has 0 saturated heterocycles. The fraction of sp³-hybridized carbons (Fsp3) is 0.385. The SMILES string of the molecule is O=C(O)CCCCNC(=O)Cc1ccc(Br)c(F)c1. The molecule has 1 aromatic rings. The molecule has 0 bridgehead atoms. The van der Waals surface area contributed by atoms with Crippen molar-refractivity contribution in [2.45, 2.75) is 25.7 Å². The number of aliphatic carboxylic acids is 1. The molecule has 1 amide bonds. The van der Waals surface area contributed by atoms with E-state index in [1.54, 1.807) is 12.1 Å². The number of hydrogen-bond donors (Lipinski definition) is 2. The van der Waals surface area contributed by atoms with Crippen LogP contribution in [0.1, 0.15) is 24.8 Å². The zero-order valence-corrected chi connectivity index (χ0v) is 11.9. The van der Waals surface area contributed by atoms with Crippen LogP contribution in [0.3, 0.4) is 0 Å². The Morgan fingerprint density at radius 2 is 2.05 bits per heavy atom. The first kappa shape index (κ1) is 15.6. The van der Waals surface area contributed by atoms with E-state index in [4.69, 9.17) is 5.11 Å². The highest BCUT2D eigenvalue weighted by Crippen LogP contribution is 2.16. The summed E-state index contributed by atoms with van der Waals surface area (Å²) in [6, 6.07) is 4.55. The molecule has 19 heavy (non-hydrogen) atoms. The zero-order chi connectivity index (χ0) is 14.3. The molecule has 6 heteroatoms. The maximum atomic E-state index is 13.2. The summed E-state index contributed by atoms with van der Waals surface area (Å²) in [7, 11) is 0. The lowest BCUT2D eigenvalue weighted by Gasteiger charge is -2.05. The Balaban J connectivity index is 2.27. The molecule has 0 saturated carbocycles. The standard InChI is InChI=1S/C13H15BrFNO3/c14-10-5-4-9(7-11(10)15)8-12(17)16-6-2-1-3-13(18)19/h4-5,7H,1-3,6,8H2,(H,16,17)(H,18,19). The first-order valence-electron chi connectivity index (χ1n) is 5.91. The normalized spacial score (nSPS) is 10.2. The van der Waals surface area contributed by atoms with E-state index in [1.807, 2.05) is 0 Å². The molecular formula is C13H15BrFNO3. The summed E-state index contributed by atoms with van der Waals surface area (Å²) >= 11 is 3.04. The molecule has 0 spiro atoms. The van der Waals surface area contributed by atoms with E-state index in [2.05, 4.69) is 21.2 Å². The van der Waals surface area contributed by atoms with E-state index < -0.39 is 11.8 Å². The predicted molar refractivity (Wildman–Crippen MR) is 72.3 cm³/mol. The van der Waals surface area contributed by atoms with Crippen LogP contribution in [0.15, 0.2) is 22.7 Å². The number of carbonyl (C=O) groups excluding carboxylic acids is 1. The van der Waals surface area contributed by atoms with Gasteiger partial charge in [0.1, 0.15) is 5.82 Å². The van der Waals surface area contributed by atoms with Gasteiger partial charge in [-0.1, -0.05) is 6.07 Å². The zero-order valence-electron chi connectivity index (χ0n) is 10.3. The van der Waals surface area contributed by atoms with E-state index in [9.17, 15) is 14.0 Å². The number of benzene rings is 1. The van der Waals surface area contributed by atoms with Gasteiger partial charge in [-0.2, -0.15) is 0 Å². The molecule has 0 aliphatic heterocycles. The lowest BCUT2D eigenvalue weighted by Crippen LogP contribution is -2.26. The van der Waals surface area contributed by atoms with Gasteiger partial charge in [-0.15, -0.1) is 0 Å². The number of hydrogen-bond acceptors (Lipinski definition) is 2. The second-order valence-electron chi connectivity index (χ2n) is 4.13. The van der Waals surface area contributed by atoms with Crippen molar-refractivity contribution in [1.82, 2.24) is 5.32 Å². The van der Waals surface area contributed by atoms with Gasteiger partial charge in [-0.05, 0) is 46.5 Å². The average Bonchev–Trinajstić information content (AvgIpc) is 2.33. The maximum Gasteiger partial charge on any atom is 0.303 e. The summed E-state index contributed by atoms with van der Waals surface area (Å²) in [4.78, 5) is 21.8. The first-order valence-corrected chi connectivity index (χ1v) is 6.71. The van der Waals surface area contributed by atoms with Gasteiger partial charge in [0, 0.05) is 13.0 Å². The van der Waals surface area contributed by atoms with Crippen molar-refractivity contribution in [1.29, 1.82) is 0 Å². The molecule has 104 valence electrons. The minimum atomic E-state index is -0.836. The quantitative estimate of drug-likeness (QED) is 0.754. The highest BCUT2D eigenvalue weighted by molar-refractivity contribution is 9.10. The van der Waals surface area contributed by atoms with Crippen LogP contribution >= 0.6 is 15.9 Å². The molecule has 0 fully saturated rings. The van der Waals surface area contributed by atoms with Crippen LogP contribution in [0.2, 0.25) is 0 Å². The number of rotatable bonds is 7. The minimum Gasteiger partial charge on any atom is -0.481 e. The van der Waals surface area contributed by atoms with Gasteiger partial charge in [0.25, 0.3) is 0 Å². The third-order valence-corrected chi connectivity index (χ3v) is 3.13. The van der Waals surface area contributed by atoms with Crippen molar-refractivity contribution in [3.63, 3.8) is 0 Å². The van der Waals surface area contributed by atoms with Gasteiger partial charge in [0.15, 0.2) is 0 Å². The van der Waals surface area contributed by atoms with E-state index in [1.165, 1.54) is 6.07 Å². The molecule has 4 nitrogen and oxygen atoms in total. The molecule has 0 aromatic heterocycles. The van der Waals surface area contributed by atoms with Crippen molar-refractivity contribution >= 4 is 27.8 Å². The average molecular weight is 332 g/mol. The molecule has 0 atom stereocenters. The highest BCUT2D eigenvalue weighted by atomic mass is 79.9. The predicted octanol–water partition coefficient (Wildman–Crippen LogP) is 2.50. The Morgan fingerprint density at radius 1 is 1.32 bits per heavy atom. The van der Waals surface area contributed by atoms with Gasteiger partial charge >= 0.3 is 5.97 Å². The maximum absolute atomic E-state index is 13.2. The second kappa shape index (κ2) is 7.89. The Kier molecular flexibility index (Phi) is 6.49. The number of carboxylic acids is 1. The third kappa shape index (κ3) is 6.33. The molecule has 0 heterocycles. The molecule has 0 radical (unpaired) electrons. The van der Waals surface area contributed by atoms with Crippen LogP contribution in [-0.4, -0.2) is 23.5 Å². The summed E-state index contributed by atoms with van der Waals surface area (Å²) < 4.78 is 13.6. The van der Waals surface area contributed by atoms with Crippen LogP contribution < -0.4 is 5.32 Å². The van der Waals surface area contributed by atoms with E-state index >= 15 is 0 Å². The van der Waals surface area contributed by atoms with Crippen molar-refractivity contribution in [2.75, 3.05) is 6.54 Å². The number of unbranched alkanes of at least 4 members (excludes halogenated alkanes) is 1. The van der Waals surface area contributed by atoms with Gasteiger partial charge in [-0.3, -0.25) is 9.59 Å². The van der Waals surface area contributed by atoms with E-state index in [-0.39, 0.29) is 18.7 Å². The van der Waals surface area contributed by atoms with Crippen LogP contribution in [0.25, 0.3) is 0 Å². The Morgan fingerprint density at radius 3 is 2.68 bits per heavy atom. The summed E-state index contributed by atoms with van der Waals surface area (Å²) in [6.45, 7) is 0.436. The largest absolute Gasteiger partial charge is 0.481 e. The van der Waals surface area contributed by atoms with Gasteiger partial charge in [0.2, 0.25) is 5.91 Å². The van der Waals surface area contributed by atoms with Gasteiger partial charge in [-0.25, -0.2) is 4.39 Å². The van der Waals surface area contributed by atoms with Crippen LogP contribution in [0.4, 0.5) is 4.39 Å². The Labute approximate surface area is 119 Å². The van der Waals surface area contributed by atoms with Crippen LogP contribution in [-0.2, 0) is 16.0 Å². The Hall–Kier alpha value is -1.43. The molecular weight excluding hydrogens is 317 g/mol. The fourth-order valence-corrected chi connectivity index (χ4v) is 1.77. The van der Waals surface area contributed by atoms with Gasteiger partial charge in [0.05, 0.1) is 10.9 Å². The summed E-state index contributed by atoms with van der Waals surface area (Å²) in [5.74, 6) is -1.43.